The van der Waals surface area contributed by atoms with Crippen molar-refractivity contribution in [2.75, 3.05) is 52.5 Å². The topological polar surface area (TPSA) is 128 Å². The molecule has 0 amide bonds. The van der Waals surface area contributed by atoms with E-state index in [4.69, 9.17) is 27.9 Å². The summed E-state index contributed by atoms with van der Waals surface area (Å²) in [7, 11) is 0. The summed E-state index contributed by atoms with van der Waals surface area (Å²) >= 11 is 15.4. The Bertz CT molecular complexity index is 2030. The van der Waals surface area contributed by atoms with E-state index in [9.17, 15) is 29.7 Å². The van der Waals surface area contributed by atoms with Gasteiger partial charge in [0, 0.05) is 71.8 Å². The normalized spacial score (nSPS) is 34.7. The maximum absolute atomic E-state index is 12.6. The zero-order valence-corrected chi connectivity index (χ0v) is 36.2. The van der Waals surface area contributed by atoms with Crippen LogP contribution in [0.1, 0.15) is 70.9 Å². The number of aliphatic hydroxyl groups is 3. The number of aliphatic hydroxyl groups excluding tert-OH is 2. The van der Waals surface area contributed by atoms with Gasteiger partial charge in [0.1, 0.15) is 18.8 Å². The highest BCUT2D eigenvalue weighted by Crippen LogP contribution is 2.71. The highest BCUT2D eigenvalue weighted by molar-refractivity contribution is 7.99. The van der Waals surface area contributed by atoms with Gasteiger partial charge in [0.2, 0.25) is 0 Å². The number of allylic oxidation sites excluding steroid dienone is 4. The van der Waals surface area contributed by atoms with Crippen molar-refractivity contribution in [1.82, 2.24) is 9.80 Å². The first-order valence-electron chi connectivity index (χ1n) is 20.6. The summed E-state index contributed by atoms with van der Waals surface area (Å²) in [4.78, 5) is 41.9. The molecule has 8 atom stereocenters. The number of carbonyl (C=O) groups is 3. The molecule has 0 radical (unpaired) electrons. The van der Waals surface area contributed by atoms with Crippen molar-refractivity contribution in [3.05, 3.63) is 88.5 Å². The quantitative estimate of drug-likeness (QED) is 0.162. The number of hydrogen-bond acceptors (Lipinski definition) is 10. The van der Waals surface area contributed by atoms with Crippen LogP contribution >= 0.6 is 35.0 Å². The molecule has 6 aliphatic rings. The number of nitrogens with zero attached hydrogens (tertiary/aromatic N) is 2. The Balaban J connectivity index is 0.000000177. The Morgan fingerprint density at radius 1 is 1.02 bits per heavy atom. The first kappa shape index (κ1) is 43.3. The number of fused-ring (bicyclic) bond motifs is 7. The molecule has 9 nitrogen and oxygen atoms in total. The first-order chi connectivity index (χ1) is 27.6. The number of hydrogen-bond donors (Lipinski definition) is 3. The van der Waals surface area contributed by atoms with Gasteiger partial charge in [-0.2, -0.15) is 0 Å². The van der Waals surface area contributed by atoms with Crippen LogP contribution in [0.5, 0.6) is 0 Å². The molecule has 58 heavy (non-hydrogen) atoms. The maximum Gasteiger partial charge on any atom is 0.302 e. The summed E-state index contributed by atoms with van der Waals surface area (Å²) in [6.07, 6.45) is 9.61. The van der Waals surface area contributed by atoms with Crippen LogP contribution < -0.4 is 0 Å². The molecule has 312 valence electrons. The van der Waals surface area contributed by atoms with Gasteiger partial charge in [-0.25, -0.2) is 0 Å². The lowest BCUT2D eigenvalue weighted by atomic mass is 9.45. The molecule has 2 aliphatic heterocycles. The first-order valence-corrected chi connectivity index (χ1v) is 22.2. The zero-order valence-electron chi connectivity index (χ0n) is 33.9. The number of alkyl halides is 1. The van der Waals surface area contributed by atoms with Crippen molar-refractivity contribution in [3.8, 4) is 0 Å². The van der Waals surface area contributed by atoms with E-state index in [1.807, 2.05) is 44.7 Å². The lowest BCUT2D eigenvalue weighted by Crippen LogP contribution is -2.69. The molecule has 2 heterocycles. The van der Waals surface area contributed by atoms with Gasteiger partial charge in [0.15, 0.2) is 11.6 Å². The Morgan fingerprint density at radius 3 is 2.41 bits per heavy atom. The summed E-state index contributed by atoms with van der Waals surface area (Å²) in [5, 5.41) is 33.1. The molecule has 8 rings (SSSR count). The second kappa shape index (κ2) is 16.9. The lowest BCUT2D eigenvalue weighted by molar-refractivity contribution is -0.179. The fourth-order valence-electron chi connectivity index (χ4n) is 11.3. The second-order valence-corrected chi connectivity index (χ2v) is 19.6. The molecule has 0 unspecified atom stereocenters. The highest BCUT2D eigenvalue weighted by Gasteiger charge is 2.74. The second-order valence-electron chi connectivity index (χ2n) is 17.4. The molecule has 2 aromatic carbocycles. The van der Waals surface area contributed by atoms with E-state index in [-0.39, 0.29) is 35.9 Å². The van der Waals surface area contributed by atoms with E-state index in [0.717, 1.165) is 56.3 Å². The van der Waals surface area contributed by atoms with Crippen molar-refractivity contribution in [1.29, 1.82) is 0 Å². The van der Waals surface area contributed by atoms with Gasteiger partial charge in [-0.3, -0.25) is 19.3 Å². The Hall–Kier alpha value is -2.80. The molecule has 2 aromatic rings. The van der Waals surface area contributed by atoms with Gasteiger partial charge in [0.05, 0.1) is 11.0 Å². The highest BCUT2D eigenvalue weighted by atomic mass is 35.5. The number of ether oxygens (including phenoxy) is 1. The number of piperazine rings is 1. The maximum atomic E-state index is 12.6. The Morgan fingerprint density at radius 2 is 1.71 bits per heavy atom. The van der Waals surface area contributed by atoms with E-state index < -0.39 is 39.8 Å². The van der Waals surface area contributed by atoms with Crippen LogP contribution in [0.2, 0.25) is 5.02 Å². The number of rotatable bonds is 8. The summed E-state index contributed by atoms with van der Waals surface area (Å²) in [6, 6.07) is 14.8. The average molecular weight is 852 g/mol. The van der Waals surface area contributed by atoms with Crippen molar-refractivity contribution >= 4 is 58.1 Å². The van der Waals surface area contributed by atoms with Gasteiger partial charge in [0.25, 0.3) is 0 Å². The minimum Gasteiger partial charge on any atom is -0.465 e. The van der Waals surface area contributed by atoms with Crippen LogP contribution in [0.4, 0.5) is 0 Å². The summed E-state index contributed by atoms with van der Waals surface area (Å²) in [5.74, 6) is -1.35. The molecular weight excluding hydrogens is 795 g/mol. The SMILES string of the molecule is CC(=O)OCCN1CCN(CC/C=C2/c3ccccc3Sc3ccc(Cl)cc32)CC1.C[C@H]1C[C@H]2[C@@H]3CCC4=CC(=O)C=C[C@]4(C)[C@@]3(Cl)[C@@H](O)C[C@]2(C)[C@@]1(O)C(=O)CO. The van der Waals surface area contributed by atoms with Gasteiger partial charge in [-0.05, 0) is 103 Å². The smallest absolute Gasteiger partial charge is 0.302 e. The average Bonchev–Trinajstić information content (AvgIpc) is 3.40. The molecule has 3 N–H and O–H groups in total. The number of benzene rings is 2. The van der Waals surface area contributed by atoms with Gasteiger partial charge < -0.3 is 25.0 Å². The van der Waals surface area contributed by atoms with E-state index in [2.05, 4.69) is 52.3 Å². The van der Waals surface area contributed by atoms with Gasteiger partial charge in [-0.1, -0.05) is 80.1 Å². The fraction of sp³-hybridized carbons (Fsp3) is 0.543. The molecule has 0 bridgehead atoms. The van der Waals surface area contributed by atoms with Crippen LogP contribution in [0.3, 0.4) is 0 Å². The standard InChI is InChI=1S/C24H27ClN2O2S.C22H29ClO5/c1-18(28)29-16-15-27-13-11-26(12-14-27)10-4-6-20-21-5-2-3-7-23(21)30-24-9-8-19(25)17-22(20)24;1-12-8-16-15-5-4-13-9-14(25)6-7-19(13,2)21(15,23)17(26)10-20(16,3)22(12,28)18(27)11-24/h2-3,5-9,17H,4,10-16H2,1H3;6-7,9,12,15-17,24,26,28H,4-5,8,10-11H2,1-3H3/b20-6-;/t;12-,15-,16-,17-,19-,20-,21-,22-/m.0/s1. The molecule has 3 saturated carbocycles. The minimum absolute atomic E-state index is 0.0567. The molecule has 0 aromatic heterocycles. The minimum atomic E-state index is -1.68. The van der Waals surface area contributed by atoms with E-state index >= 15 is 0 Å². The summed E-state index contributed by atoms with van der Waals surface area (Å²) in [5.41, 5.74) is 1.58. The molecular formula is C46H56Cl2N2O7S. The Kier molecular flexibility index (Phi) is 12.6. The van der Waals surface area contributed by atoms with E-state index in [0.29, 0.717) is 25.9 Å². The molecule has 12 heteroatoms. The molecule has 1 saturated heterocycles. The number of carbonyl (C=O) groups excluding carboxylic acids is 3. The number of esters is 1. The number of Topliss-reactive ketones (excluding diaryl/α,β-unsaturated/α-hetero) is 1. The predicted octanol–water partition coefficient (Wildman–Crippen LogP) is 6.97. The van der Waals surface area contributed by atoms with E-state index in [1.165, 1.54) is 39.5 Å². The molecule has 0 spiro atoms. The zero-order chi connectivity index (χ0) is 41.6. The third-order valence-electron chi connectivity index (χ3n) is 14.4. The third-order valence-corrected chi connectivity index (χ3v) is 16.7. The van der Waals surface area contributed by atoms with Crippen LogP contribution in [0.15, 0.2) is 82.1 Å². The third kappa shape index (κ3) is 7.48. The lowest BCUT2D eigenvalue weighted by Gasteiger charge is -2.63. The predicted molar refractivity (Wildman–Crippen MR) is 228 cm³/mol. The summed E-state index contributed by atoms with van der Waals surface area (Å²) < 4.78 is 5.06. The monoisotopic (exact) mass is 850 g/mol. The van der Waals surface area contributed by atoms with Crippen molar-refractivity contribution < 1.29 is 34.4 Å². The largest absolute Gasteiger partial charge is 0.465 e. The van der Waals surface area contributed by atoms with Crippen molar-refractivity contribution in [3.63, 3.8) is 0 Å². The number of halogens is 2. The van der Waals surface area contributed by atoms with Gasteiger partial charge in [-0.15, -0.1) is 11.6 Å². The number of ketones is 2. The Labute approximate surface area is 356 Å². The van der Waals surface area contributed by atoms with E-state index in [1.54, 1.807) is 6.08 Å². The van der Waals surface area contributed by atoms with Crippen molar-refractivity contribution in [2.45, 2.75) is 86.2 Å². The van der Waals surface area contributed by atoms with Crippen LogP contribution in [-0.2, 0) is 19.1 Å². The fourth-order valence-corrected chi connectivity index (χ4v) is 13.1. The molecule has 4 aliphatic carbocycles. The van der Waals surface area contributed by atoms with Crippen molar-refractivity contribution in [2.24, 2.45) is 28.6 Å². The van der Waals surface area contributed by atoms with Crippen LogP contribution in [-0.4, -0.2) is 112 Å². The summed E-state index contributed by atoms with van der Waals surface area (Å²) in [6.45, 7) is 12.9. The van der Waals surface area contributed by atoms with Crippen LogP contribution in [0.25, 0.3) is 5.57 Å². The molecule has 4 fully saturated rings. The van der Waals surface area contributed by atoms with Gasteiger partial charge >= 0.3 is 5.97 Å². The van der Waals surface area contributed by atoms with Crippen LogP contribution in [0, 0.1) is 28.6 Å².